The lowest BCUT2D eigenvalue weighted by Gasteiger charge is -2.42. The van der Waals surface area contributed by atoms with Gasteiger partial charge in [0.1, 0.15) is 11.4 Å². The van der Waals surface area contributed by atoms with Gasteiger partial charge in [-0.1, -0.05) is 30.3 Å². The molecule has 3 rings (SSSR count). The predicted octanol–water partition coefficient (Wildman–Crippen LogP) is 3.80. The van der Waals surface area contributed by atoms with E-state index in [4.69, 9.17) is 0 Å². The molecule has 2 N–H and O–H groups in total. The van der Waals surface area contributed by atoms with Crippen LogP contribution in [0.25, 0.3) is 0 Å². The highest BCUT2D eigenvalue weighted by molar-refractivity contribution is 5.89. The minimum absolute atomic E-state index is 0.0479. The molecule has 0 spiro atoms. The van der Waals surface area contributed by atoms with Crippen molar-refractivity contribution in [2.24, 2.45) is 0 Å². The van der Waals surface area contributed by atoms with Crippen LogP contribution in [0.15, 0.2) is 54.6 Å². The van der Waals surface area contributed by atoms with Crippen molar-refractivity contribution in [1.82, 2.24) is 10.2 Å². The number of rotatable bonds is 6. The van der Waals surface area contributed by atoms with Crippen molar-refractivity contribution in [2.45, 2.75) is 44.8 Å². The molecule has 4 nitrogen and oxygen atoms in total. The van der Waals surface area contributed by atoms with Crippen LogP contribution in [0, 0.1) is 5.82 Å². The molecule has 1 aliphatic heterocycles. The standard InChI is InChI=1S/C22H28FN3O/c1-17(2)24-21(27)22(25-20-9-4-3-5-10-20)11-13-26(14-12-22)16-18-7-6-8-19(23)15-18/h3-10,15,17,25H,11-14,16H2,1-2H3,(H,24,27). The van der Waals surface area contributed by atoms with Gasteiger partial charge in [-0.05, 0) is 56.5 Å². The van der Waals surface area contributed by atoms with Crippen molar-refractivity contribution >= 4 is 11.6 Å². The highest BCUT2D eigenvalue weighted by Crippen LogP contribution is 2.28. The second kappa shape index (κ2) is 8.53. The number of para-hydroxylation sites is 1. The normalized spacial score (nSPS) is 16.9. The summed E-state index contributed by atoms with van der Waals surface area (Å²) in [4.78, 5) is 15.3. The number of halogens is 1. The van der Waals surface area contributed by atoms with Gasteiger partial charge in [0.05, 0.1) is 0 Å². The van der Waals surface area contributed by atoms with Crippen LogP contribution in [0.2, 0.25) is 0 Å². The smallest absolute Gasteiger partial charge is 0.245 e. The lowest BCUT2D eigenvalue weighted by molar-refractivity contribution is -0.127. The number of likely N-dealkylation sites (tertiary alicyclic amines) is 1. The molecule has 0 bridgehead atoms. The summed E-state index contributed by atoms with van der Waals surface area (Å²) in [5.41, 5.74) is 1.30. The number of hydrogen-bond donors (Lipinski definition) is 2. The molecule has 2 aromatic carbocycles. The second-order valence-corrected chi connectivity index (χ2v) is 7.61. The Morgan fingerprint density at radius 3 is 2.44 bits per heavy atom. The Morgan fingerprint density at radius 2 is 1.81 bits per heavy atom. The molecule has 0 aliphatic carbocycles. The quantitative estimate of drug-likeness (QED) is 0.814. The van der Waals surface area contributed by atoms with Gasteiger partial charge in [0.25, 0.3) is 0 Å². The Labute approximate surface area is 160 Å². The SMILES string of the molecule is CC(C)NC(=O)C1(Nc2ccccc2)CCN(Cc2cccc(F)c2)CC1. The third kappa shape index (κ3) is 5.07. The predicted molar refractivity (Wildman–Crippen MR) is 107 cm³/mol. The zero-order valence-electron chi connectivity index (χ0n) is 16.0. The number of piperidine rings is 1. The summed E-state index contributed by atoms with van der Waals surface area (Å²) in [5, 5.41) is 6.57. The highest BCUT2D eigenvalue weighted by Gasteiger charge is 2.41. The Balaban J connectivity index is 1.70. The fraction of sp³-hybridized carbons (Fsp3) is 0.409. The number of amides is 1. The molecule has 1 aliphatic rings. The van der Waals surface area contributed by atoms with Crippen molar-refractivity contribution in [1.29, 1.82) is 0 Å². The maximum Gasteiger partial charge on any atom is 0.245 e. The van der Waals surface area contributed by atoms with Gasteiger partial charge in [-0.15, -0.1) is 0 Å². The lowest BCUT2D eigenvalue weighted by atomic mass is 9.85. The number of benzene rings is 2. The van der Waals surface area contributed by atoms with E-state index in [9.17, 15) is 9.18 Å². The minimum Gasteiger partial charge on any atom is -0.371 e. The fourth-order valence-electron chi connectivity index (χ4n) is 3.59. The Bertz CT molecular complexity index is 755. The van der Waals surface area contributed by atoms with E-state index in [1.165, 1.54) is 6.07 Å². The first kappa shape index (κ1) is 19.4. The van der Waals surface area contributed by atoms with E-state index in [0.717, 1.165) is 24.3 Å². The van der Waals surface area contributed by atoms with E-state index in [1.54, 1.807) is 12.1 Å². The third-order valence-electron chi connectivity index (χ3n) is 5.02. The molecule has 27 heavy (non-hydrogen) atoms. The number of hydrogen-bond acceptors (Lipinski definition) is 3. The second-order valence-electron chi connectivity index (χ2n) is 7.61. The van der Waals surface area contributed by atoms with Gasteiger partial charge in [0.2, 0.25) is 5.91 Å². The summed E-state index contributed by atoms with van der Waals surface area (Å²) < 4.78 is 13.4. The lowest BCUT2D eigenvalue weighted by Crippen LogP contribution is -2.59. The summed E-state index contributed by atoms with van der Waals surface area (Å²) >= 11 is 0. The van der Waals surface area contributed by atoms with Crippen LogP contribution in [-0.4, -0.2) is 35.5 Å². The number of anilines is 1. The van der Waals surface area contributed by atoms with Crippen LogP contribution in [-0.2, 0) is 11.3 Å². The molecule has 0 unspecified atom stereocenters. The van der Waals surface area contributed by atoms with Crippen LogP contribution in [0.4, 0.5) is 10.1 Å². The first-order chi connectivity index (χ1) is 13.0. The average molecular weight is 369 g/mol. The van der Waals surface area contributed by atoms with E-state index in [-0.39, 0.29) is 17.8 Å². The van der Waals surface area contributed by atoms with Gasteiger partial charge in [-0.3, -0.25) is 9.69 Å². The van der Waals surface area contributed by atoms with Crippen molar-refractivity contribution in [3.8, 4) is 0 Å². The van der Waals surface area contributed by atoms with E-state index in [2.05, 4.69) is 15.5 Å². The largest absolute Gasteiger partial charge is 0.371 e. The zero-order chi connectivity index (χ0) is 19.3. The van der Waals surface area contributed by atoms with E-state index in [0.29, 0.717) is 19.4 Å². The van der Waals surface area contributed by atoms with Crippen LogP contribution in [0.5, 0.6) is 0 Å². The number of carbonyl (C=O) groups is 1. The number of nitrogens with one attached hydrogen (secondary N) is 2. The molecule has 0 radical (unpaired) electrons. The molecule has 1 saturated heterocycles. The minimum atomic E-state index is -0.621. The monoisotopic (exact) mass is 369 g/mol. The molecule has 0 saturated carbocycles. The fourth-order valence-corrected chi connectivity index (χ4v) is 3.59. The molecule has 1 heterocycles. The van der Waals surface area contributed by atoms with Gasteiger partial charge in [-0.25, -0.2) is 4.39 Å². The first-order valence-electron chi connectivity index (χ1n) is 9.58. The van der Waals surface area contributed by atoms with Crippen molar-refractivity contribution in [3.05, 3.63) is 66.0 Å². The molecule has 5 heteroatoms. The van der Waals surface area contributed by atoms with Crippen molar-refractivity contribution in [3.63, 3.8) is 0 Å². The number of carbonyl (C=O) groups excluding carboxylic acids is 1. The van der Waals surface area contributed by atoms with Crippen LogP contribution in [0.1, 0.15) is 32.3 Å². The van der Waals surface area contributed by atoms with E-state index >= 15 is 0 Å². The van der Waals surface area contributed by atoms with Crippen LogP contribution < -0.4 is 10.6 Å². The molecule has 2 aromatic rings. The summed E-state index contributed by atoms with van der Waals surface area (Å²) in [6, 6.07) is 16.7. The van der Waals surface area contributed by atoms with Crippen molar-refractivity contribution < 1.29 is 9.18 Å². The molecule has 0 aromatic heterocycles. The molecule has 1 fully saturated rings. The molecule has 0 atom stereocenters. The van der Waals surface area contributed by atoms with Crippen molar-refractivity contribution in [2.75, 3.05) is 18.4 Å². The van der Waals surface area contributed by atoms with Gasteiger partial charge >= 0.3 is 0 Å². The van der Waals surface area contributed by atoms with Gasteiger partial charge in [0.15, 0.2) is 0 Å². The van der Waals surface area contributed by atoms with E-state index < -0.39 is 5.54 Å². The first-order valence-corrected chi connectivity index (χ1v) is 9.58. The van der Waals surface area contributed by atoms with E-state index in [1.807, 2.05) is 50.2 Å². The summed E-state index contributed by atoms with van der Waals surface area (Å²) in [6.45, 7) is 6.22. The average Bonchev–Trinajstić information content (AvgIpc) is 2.64. The maximum atomic E-state index is 13.4. The van der Waals surface area contributed by atoms with Gasteiger partial charge in [0, 0.05) is 31.4 Å². The van der Waals surface area contributed by atoms with Crippen LogP contribution >= 0.6 is 0 Å². The molecule has 1 amide bonds. The highest BCUT2D eigenvalue weighted by atomic mass is 19.1. The molecule has 144 valence electrons. The maximum absolute atomic E-state index is 13.4. The molecular weight excluding hydrogens is 341 g/mol. The molecular formula is C22H28FN3O. The Morgan fingerprint density at radius 1 is 1.11 bits per heavy atom. The topological polar surface area (TPSA) is 44.4 Å². The Kier molecular flexibility index (Phi) is 6.11. The third-order valence-corrected chi connectivity index (χ3v) is 5.02. The number of nitrogens with zero attached hydrogens (tertiary/aromatic N) is 1. The van der Waals surface area contributed by atoms with Gasteiger partial charge < -0.3 is 10.6 Å². The van der Waals surface area contributed by atoms with Gasteiger partial charge in [-0.2, -0.15) is 0 Å². The Hall–Kier alpha value is -2.40. The zero-order valence-corrected chi connectivity index (χ0v) is 16.0. The summed E-state index contributed by atoms with van der Waals surface area (Å²) in [7, 11) is 0. The summed E-state index contributed by atoms with van der Waals surface area (Å²) in [5.74, 6) is -0.160. The van der Waals surface area contributed by atoms with Crippen LogP contribution in [0.3, 0.4) is 0 Å². The summed E-state index contributed by atoms with van der Waals surface area (Å²) in [6.07, 6.45) is 1.41.